The highest BCUT2D eigenvalue weighted by molar-refractivity contribution is 8.00. The maximum absolute atomic E-state index is 12.6. The van der Waals surface area contributed by atoms with E-state index in [4.69, 9.17) is 4.74 Å². The molecule has 0 atom stereocenters. The van der Waals surface area contributed by atoms with E-state index in [1.165, 1.54) is 16.6 Å². The van der Waals surface area contributed by atoms with E-state index >= 15 is 0 Å². The molecule has 3 aromatic rings. The molecule has 148 valence electrons. The predicted octanol–water partition coefficient (Wildman–Crippen LogP) is 4.06. The van der Waals surface area contributed by atoms with Crippen molar-refractivity contribution >= 4 is 42.0 Å². The van der Waals surface area contributed by atoms with Gasteiger partial charge in [0.15, 0.2) is 0 Å². The van der Waals surface area contributed by atoms with Crippen LogP contribution in [0.3, 0.4) is 0 Å². The molecule has 0 unspecified atom stereocenters. The molecule has 1 N–H and O–H groups in total. The van der Waals surface area contributed by atoms with Crippen LogP contribution in [0.1, 0.15) is 12.0 Å². The van der Waals surface area contributed by atoms with E-state index in [1.807, 2.05) is 19.2 Å². The van der Waals surface area contributed by atoms with Crippen molar-refractivity contribution in [3.63, 3.8) is 0 Å². The fraction of sp³-hybridized carbons (Fsp3) is 0.375. The molecule has 2 heterocycles. The first-order valence-electron chi connectivity index (χ1n) is 7.86. The van der Waals surface area contributed by atoms with E-state index in [0.29, 0.717) is 24.5 Å². The number of nitrogens with one attached hydrogen (secondary N) is 1. The van der Waals surface area contributed by atoms with Crippen LogP contribution >= 0.6 is 25.4 Å². The summed E-state index contributed by atoms with van der Waals surface area (Å²) < 4.78 is 49.4. The Balaban J connectivity index is 0.00000261. The van der Waals surface area contributed by atoms with Crippen molar-refractivity contribution < 1.29 is 17.9 Å². The monoisotopic (exact) mass is 419 g/mol. The number of ether oxygens (including phenoxy) is 1. The van der Waals surface area contributed by atoms with E-state index in [9.17, 15) is 13.2 Å². The average Bonchev–Trinajstić information content (AvgIpc) is 3.21. The highest BCUT2D eigenvalue weighted by Crippen LogP contribution is 2.34. The van der Waals surface area contributed by atoms with Gasteiger partial charge in [-0.1, -0.05) is 11.9 Å². The molecule has 0 saturated heterocycles. The van der Waals surface area contributed by atoms with Crippen LogP contribution in [-0.4, -0.2) is 32.4 Å². The van der Waals surface area contributed by atoms with Gasteiger partial charge in [0.05, 0.1) is 30.6 Å². The number of hydrogen-bond acceptors (Lipinski definition) is 5. The molecular weight excluding hydrogens is 399 g/mol. The number of aryl methyl sites for hydroxylation is 2. The average molecular weight is 419 g/mol. The summed E-state index contributed by atoms with van der Waals surface area (Å²) in [5.41, 5.74) is 1.03. The molecule has 0 saturated carbocycles. The van der Waals surface area contributed by atoms with Crippen LogP contribution < -0.4 is 9.46 Å². The number of hydrogen-bond donors (Lipinski definition) is 1. The topological polar surface area (TPSA) is 56.9 Å². The Bertz CT molecular complexity index is 894. The van der Waals surface area contributed by atoms with Crippen LogP contribution in [0, 0.1) is 0 Å². The predicted molar refractivity (Wildman–Crippen MR) is 106 cm³/mol. The van der Waals surface area contributed by atoms with Gasteiger partial charge in [0.25, 0.3) is 0 Å². The van der Waals surface area contributed by atoms with Gasteiger partial charge < -0.3 is 9.46 Å². The Morgan fingerprint density at radius 2 is 2.00 bits per heavy atom. The lowest BCUT2D eigenvalue weighted by molar-refractivity contribution is -0.137. The third kappa shape index (κ3) is 4.83. The van der Waals surface area contributed by atoms with Gasteiger partial charge in [0.2, 0.25) is 0 Å². The molecule has 1 aromatic carbocycles. The van der Waals surface area contributed by atoms with E-state index in [-0.39, 0.29) is 13.5 Å². The van der Waals surface area contributed by atoms with Gasteiger partial charge in [-0.15, -0.1) is 0 Å². The van der Waals surface area contributed by atoms with Gasteiger partial charge in [-0.2, -0.15) is 36.9 Å². The van der Waals surface area contributed by atoms with Crippen LogP contribution in [0.2, 0.25) is 0 Å². The maximum Gasteiger partial charge on any atom is 0.419 e. The second kappa shape index (κ2) is 8.79. The van der Waals surface area contributed by atoms with Crippen molar-refractivity contribution in [2.75, 3.05) is 17.6 Å². The highest BCUT2D eigenvalue weighted by atomic mass is 32.2. The minimum atomic E-state index is -4.35. The fourth-order valence-electron chi connectivity index (χ4n) is 2.57. The minimum Gasteiger partial charge on any atom is -0.494 e. The van der Waals surface area contributed by atoms with Gasteiger partial charge in [-0.25, -0.2) is 0 Å². The van der Waals surface area contributed by atoms with Crippen LogP contribution in [0.15, 0.2) is 30.7 Å². The lowest BCUT2D eigenvalue weighted by Crippen LogP contribution is -2.04. The van der Waals surface area contributed by atoms with E-state index in [1.54, 1.807) is 18.0 Å². The summed E-state index contributed by atoms with van der Waals surface area (Å²) in [7, 11) is 3.46. The minimum absolute atomic E-state index is 0. The van der Waals surface area contributed by atoms with Crippen LogP contribution in [0.5, 0.6) is 5.75 Å². The number of nitrogens with zero attached hydrogens (tertiary/aromatic N) is 4. The molecule has 0 fully saturated rings. The number of aromatic nitrogens is 4. The zero-order valence-electron chi connectivity index (χ0n) is 14.7. The zero-order chi connectivity index (χ0) is 18.7. The number of benzene rings is 1. The number of fused-ring (bicyclic) bond motifs is 1. The molecule has 0 amide bonds. The molecule has 6 nitrogen and oxygen atoms in total. The highest BCUT2D eigenvalue weighted by Gasteiger charge is 2.32. The first-order chi connectivity index (χ1) is 12.4. The van der Waals surface area contributed by atoms with Gasteiger partial charge in [0, 0.05) is 30.9 Å². The quantitative estimate of drug-likeness (QED) is 0.462. The first kappa shape index (κ1) is 21.3. The lowest BCUT2D eigenvalue weighted by atomic mass is 10.2. The van der Waals surface area contributed by atoms with Crippen molar-refractivity contribution in [2.45, 2.75) is 19.1 Å². The van der Waals surface area contributed by atoms with Gasteiger partial charge >= 0.3 is 6.18 Å². The molecule has 0 spiro atoms. The lowest BCUT2D eigenvalue weighted by Gasteiger charge is -2.12. The van der Waals surface area contributed by atoms with E-state index in [2.05, 4.69) is 14.9 Å². The van der Waals surface area contributed by atoms with Crippen molar-refractivity contribution in [1.29, 1.82) is 0 Å². The van der Waals surface area contributed by atoms with Crippen molar-refractivity contribution in [3.8, 4) is 5.75 Å². The Labute approximate surface area is 165 Å². The molecule has 27 heavy (non-hydrogen) atoms. The largest absolute Gasteiger partial charge is 0.494 e. The summed E-state index contributed by atoms with van der Waals surface area (Å²) in [6, 6.07) is 3.81. The summed E-state index contributed by atoms with van der Waals surface area (Å²) in [5, 5.41) is 8.99. The molecule has 0 aliphatic rings. The zero-order valence-corrected chi connectivity index (χ0v) is 16.6. The normalized spacial score (nSPS) is 11.4. The van der Waals surface area contributed by atoms with Crippen molar-refractivity contribution in [2.24, 2.45) is 7.05 Å². The maximum atomic E-state index is 12.6. The Kier molecular flexibility index (Phi) is 6.93. The second-order valence-corrected chi connectivity index (χ2v) is 6.54. The SMILES string of the molecule is COc1ccc2cnn(C)c2c1NSCCCn1cc(C(F)(F)F)cn1.S. The third-order valence-corrected chi connectivity index (χ3v) is 4.69. The van der Waals surface area contributed by atoms with Crippen LogP contribution in [-0.2, 0) is 19.8 Å². The summed E-state index contributed by atoms with van der Waals surface area (Å²) in [4.78, 5) is 0. The van der Waals surface area contributed by atoms with Crippen molar-refractivity contribution in [3.05, 3.63) is 36.3 Å². The molecule has 2 aromatic heterocycles. The van der Waals surface area contributed by atoms with Gasteiger partial charge in [0.1, 0.15) is 11.4 Å². The number of rotatable bonds is 7. The van der Waals surface area contributed by atoms with Gasteiger partial charge in [-0.05, 0) is 18.6 Å². The van der Waals surface area contributed by atoms with E-state index < -0.39 is 11.7 Å². The molecule has 11 heteroatoms. The molecule has 0 radical (unpaired) electrons. The number of methoxy groups -OCH3 is 1. The molecule has 0 bridgehead atoms. The van der Waals surface area contributed by atoms with Crippen molar-refractivity contribution in [1.82, 2.24) is 19.6 Å². The Hall–Kier alpha value is -2.01. The number of alkyl halides is 3. The van der Waals surface area contributed by atoms with Crippen LogP contribution in [0.4, 0.5) is 18.9 Å². The number of anilines is 1. The third-order valence-electron chi connectivity index (χ3n) is 3.85. The van der Waals surface area contributed by atoms with Gasteiger partial charge in [-0.3, -0.25) is 9.36 Å². The first-order valence-corrected chi connectivity index (χ1v) is 8.85. The summed E-state index contributed by atoms with van der Waals surface area (Å²) in [5.74, 6) is 1.40. The number of halogens is 3. The standard InChI is InChI=1S/C16H18F3N5OS.H2S/c1-23-15-11(8-20-23)4-5-13(25-2)14(15)22-26-7-3-6-24-10-12(9-21-24)16(17,18)19;/h4-5,8-10,22H,3,6-7H2,1-2H3;1H2. The summed E-state index contributed by atoms with van der Waals surface area (Å²) in [6.45, 7) is 0.414. The fourth-order valence-corrected chi connectivity index (χ4v) is 3.29. The molecule has 0 aliphatic carbocycles. The second-order valence-electron chi connectivity index (χ2n) is 5.64. The van der Waals surface area contributed by atoms with E-state index in [0.717, 1.165) is 29.0 Å². The smallest absolute Gasteiger partial charge is 0.419 e. The molecular formula is C16H20F3N5OS2. The van der Waals surface area contributed by atoms with Crippen LogP contribution in [0.25, 0.3) is 10.9 Å². The Morgan fingerprint density at radius 3 is 2.67 bits per heavy atom. The summed E-state index contributed by atoms with van der Waals surface area (Å²) >= 11 is 1.46. The summed E-state index contributed by atoms with van der Waals surface area (Å²) in [6.07, 6.45) is -0.0371. The molecule has 0 aliphatic heterocycles. The molecule has 3 rings (SSSR count). The Morgan fingerprint density at radius 1 is 1.22 bits per heavy atom.